The molecule has 0 amide bonds. The zero-order valence-electron chi connectivity index (χ0n) is 11.4. The summed E-state index contributed by atoms with van der Waals surface area (Å²) < 4.78 is 5.45. The maximum Gasteiger partial charge on any atom is 0.174 e. The van der Waals surface area contributed by atoms with Crippen molar-refractivity contribution in [2.75, 3.05) is 31.2 Å². The molecule has 2 rings (SSSR count). The van der Waals surface area contributed by atoms with Gasteiger partial charge in [0.1, 0.15) is 5.82 Å². The average Bonchev–Trinajstić information content (AvgIpc) is 2.65. The highest BCUT2D eigenvalue weighted by Crippen LogP contribution is 2.23. The molecule has 104 valence electrons. The molecule has 1 saturated heterocycles. The number of nitrogens with two attached hydrogens (primary N) is 1. The van der Waals surface area contributed by atoms with E-state index in [0.717, 1.165) is 43.2 Å². The van der Waals surface area contributed by atoms with Gasteiger partial charge in [0.15, 0.2) is 5.84 Å². The van der Waals surface area contributed by atoms with Gasteiger partial charge in [-0.05, 0) is 31.9 Å². The molecule has 1 aliphatic rings. The molecule has 6 heteroatoms. The van der Waals surface area contributed by atoms with E-state index in [-0.39, 0.29) is 5.84 Å². The van der Waals surface area contributed by atoms with E-state index in [0.29, 0.717) is 12.2 Å². The number of nitrogens with zero attached hydrogens (tertiary/aromatic N) is 3. The molecule has 19 heavy (non-hydrogen) atoms. The van der Waals surface area contributed by atoms with E-state index in [4.69, 9.17) is 15.7 Å². The van der Waals surface area contributed by atoms with Gasteiger partial charge >= 0.3 is 0 Å². The molecule has 2 heterocycles. The van der Waals surface area contributed by atoms with E-state index in [2.05, 4.69) is 15.0 Å². The molecule has 3 N–H and O–H groups in total. The third kappa shape index (κ3) is 2.96. The molecule has 6 nitrogen and oxygen atoms in total. The summed E-state index contributed by atoms with van der Waals surface area (Å²) in [5.41, 5.74) is 8.38. The molecule has 0 aliphatic carbocycles. The smallest absolute Gasteiger partial charge is 0.174 e. The lowest BCUT2D eigenvalue weighted by molar-refractivity contribution is 0.152. The molecular weight excluding hydrogens is 244 g/mol. The molecule has 1 fully saturated rings. The predicted octanol–water partition coefficient (Wildman–Crippen LogP) is 1.02. The minimum Gasteiger partial charge on any atom is -0.409 e. The molecule has 0 saturated carbocycles. The summed E-state index contributed by atoms with van der Waals surface area (Å²) in [6.07, 6.45) is 0.949. The molecule has 0 aromatic carbocycles. The van der Waals surface area contributed by atoms with Gasteiger partial charge in [-0.25, -0.2) is 4.98 Å². The third-order valence-corrected chi connectivity index (χ3v) is 3.21. The Labute approximate surface area is 112 Å². The van der Waals surface area contributed by atoms with Crippen molar-refractivity contribution in [3.05, 3.63) is 22.9 Å². The standard InChI is InChI=1S/C13H20N4O2/c1-9-8-10(2)15-13(11(9)12(14)16-18)17-4-3-6-19-7-5-17/h8,18H,3-7H2,1-2H3,(H2,14,16). The number of oxime groups is 1. The summed E-state index contributed by atoms with van der Waals surface area (Å²) in [6, 6.07) is 1.94. The van der Waals surface area contributed by atoms with E-state index < -0.39 is 0 Å². The Balaban J connectivity index is 2.47. The van der Waals surface area contributed by atoms with Gasteiger partial charge in [-0.2, -0.15) is 0 Å². The van der Waals surface area contributed by atoms with Crippen molar-refractivity contribution in [1.82, 2.24) is 4.98 Å². The Morgan fingerprint density at radius 1 is 1.42 bits per heavy atom. The van der Waals surface area contributed by atoms with Crippen LogP contribution in [-0.2, 0) is 4.74 Å². The van der Waals surface area contributed by atoms with Crippen LogP contribution < -0.4 is 10.6 Å². The number of aryl methyl sites for hydroxylation is 2. The fourth-order valence-corrected chi connectivity index (χ4v) is 2.37. The molecule has 0 unspecified atom stereocenters. The van der Waals surface area contributed by atoms with Crippen LogP contribution in [0.15, 0.2) is 11.2 Å². The van der Waals surface area contributed by atoms with Crippen molar-refractivity contribution in [2.45, 2.75) is 20.3 Å². The lowest BCUT2D eigenvalue weighted by atomic mass is 10.1. The van der Waals surface area contributed by atoms with E-state index in [1.54, 1.807) is 0 Å². The van der Waals surface area contributed by atoms with E-state index in [9.17, 15) is 0 Å². The molecule has 0 radical (unpaired) electrons. The second-order valence-corrected chi connectivity index (χ2v) is 4.72. The molecule has 1 aliphatic heterocycles. The minimum absolute atomic E-state index is 0.102. The monoisotopic (exact) mass is 264 g/mol. The van der Waals surface area contributed by atoms with Crippen LogP contribution in [0.1, 0.15) is 23.2 Å². The average molecular weight is 264 g/mol. The van der Waals surface area contributed by atoms with Gasteiger partial charge in [0.25, 0.3) is 0 Å². The van der Waals surface area contributed by atoms with Gasteiger partial charge in [0.2, 0.25) is 0 Å². The fourth-order valence-electron chi connectivity index (χ4n) is 2.37. The first-order valence-electron chi connectivity index (χ1n) is 6.42. The molecule has 0 spiro atoms. The molecule has 0 atom stereocenters. The Morgan fingerprint density at radius 3 is 2.95 bits per heavy atom. The summed E-state index contributed by atoms with van der Waals surface area (Å²) >= 11 is 0. The third-order valence-electron chi connectivity index (χ3n) is 3.21. The zero-order valence-corrected chi connectivity index (χ0v) is 11.4. The van der Waals surface area contributed by atoms with Crippen LogP contribution in [0.25, 0.3) is 0 Å². The SMILES string of the molecule is Cc1cc(C)c(C(N)=NO)c(N2CCCOCC2)n1. The van der Waals surface area contributed by atoms with Crippen LogP contribution in [0.2, 0.25) is 0 Å². The minimum atomic E-state index is 0.102. The van der Waals surface area contributed by atoms with E-state index in [1.165, 1.54) is 0 Å². The van der Waals surface area contributed by atoms with Crippen LogP contribution in [0, 0.1) is 13.8 Å². The summed E-state index contributed by atoms with van der Waals surface area (Å²) in [5.74, 6) is 0.878. The number of pyridine rings is 1. The highest BCUT2D eigenvalue weighted by atomic mass is 16.5. The Hall–Kier alpha value is -1.82. The lowest BCUT2D eigenvalue weighted by Gasteiger charge is -2.24. The largest absolute Gasteiger partial charge is 0.409 e. The van der Waals surface area contributed by atoms with Crippen LogP contribution in [0.5, 0.6) is 0 Å². The number of hydrogen-bond acceptors (Lipinski definition) is 5. The lowest BCUT2D eigenvalue weighted by Crippen LogP contribution is -2.31. The van der Waals surface area contributed by atoms with Crippen LogP contribution in [-0.4, -0.2) is 42.3 Å². The maximum atomic E-state index is 8.95. The number of rotatable bonds is 2. The van der Waals surface area contributed by atoms with Crippen LogP contribution in [0.4, 0.5) is 5.82 Å². The van der Waals surface area contributed by atoms with Gasteiger partial charge in [0, 0.05) is 25.4 Å². The second-order valence-electron chi connectivity index (χ2n) is 4.72. The van der Waals surface area contributed by atoms with Crippen LogP contribution >= 0.6 is 0 Å². The summed E-state index contributed by atoms with van der Waals surface area (Å²) in [5, 5.41) is 12.1. The first-order chi connectivity index (χ1) is 9.13. The summed E-state index contributed by atoms with van der Waals surface area (Å²) in [6.45, 7) is 6.95. The normalized spacial score (nSPS) is 17.4. The first-order valence-corrected chi connectivity index (χ1v) is 6.42. The van der Waals surface area contributed by atoms with Gasteiger partial charge < -0.3 is 20.6 Å². The Kier molecular flexibility index (Phi) is 4.21. The topological polar surface area (TPSA) is 84.0 Å². The first kappa shape index (κ1) is 13.6. The Morgan fingerprint density at radius 2 is 2.21 bits per heavy atom. The fraction of sp³-hybridized carbons (Fsp3) is 0.538. The van der Waals surface area contributed by atoms with Crippen molar-refractivity contribution in [1.29, 1.82) is 0 Å². The highest BCUT2D eigenvalue weighted by Gasteiger charge is 2.19. The number of amidine groups is 1. The van der Waals surface area contributed by atoms with E-state index >= 15 is 0 Å². The summed E-state index contributed by atoms with van der Waals surface area (Å²) in [4.78, 5) is 6.71. The number of hydrogen-bond donors (Lipinski definition) is 2. The highest BCUT2D eigenvalue weighted by molar-refractivity contribution is 6.02. The maximum absolute atomic E-state index is 8.95. The molecular formula is C13H20N4O2. The van der Waals surface area contributed by atoms with Gasteiger partial charge in [-0.1, -0.05) is 5.16 Å². The van der Waals surface area contributed by atoms with Crippen molar-refractivity contribution in [3.8, 4) is 0 Å². The van der Waals surface area contributed by atoms with Crippen LogP contribution in [0.3, 0.4) is 0 Å². The Bertz CT molecular complexity index is 480. The van der Waals surface area contributed by atoms with Gasteiger partial charge in [-0.3, -0.25) is 0 Å². The van der Waals surface area contributed by atoms with Gasteiger partial charge in [-0.15, -0.1) is 0 Å². The number of aromatic nitrogens is 1. The quantitative estimate of drug-likeness (QED) is 0.360. The van der Waals surface area contributed by atoms with Crippen molar-refractivity contribution in [3.63, 3.8) is 0 Å². The predicted molar refractivity (Wildman–Crippen MR) is 73.9 cm³/mol. The summed E-state index contributed by atoms with van der Waals surface area (Å²) in [7, 11) is 0. The van der Waals surface area contributed by atoms with Crippen molar-refractivity contribution < 1.29 is 9.94 Å². The molecule has 1 aromatic rings. The molecule has 0 bridgehead atoms. The zero-order chi connectivity index (χ0) is 13.8. The number of ether oxygens (including phenoxy) is 1. The second kappa shape index (κ2) is 5.88. The van der Waals surface area contributed by atoms with E-state index in [1.807, 2.05) is 19.9 Å². The van der Waals surface area contributed by atoms with Crippen molar-refractivity contribution in [2.24, 2.45) is 10.9 Å². The van der Waals surface area contributed by atoms with Gasteiger partial charge in [0.05, 0.1) is 12.2 Å². The number of anilines is 1. The molecule has 1 aromatic heterocycles. The van der Waals surface area contributed by atoms with Crippen molar-refractivity contribution >= 4 is 11.7 Å².